The highest BCUT2D eigenvalue weighted by Crippen LogP contribution is 2.44. The third-order valence-electron chi connectivity index (χ3n) is 2.66. The first-order chi connectivity index (χ1) is 6.44. The standard InChI is InChI=1S/C10H12F2N2/c1-7-4-5-8-9(6-7)14(3)10(11,12)13(8)2/h4-6H,1-3H3. The molecule has 1 aromatic carbocycles. The lowest BCUT2D eigenvalue weighted by atomic mass is 10.2. The van der Waals surface area contributed by atoms with Gasteiger partial charge >= 0.3 is 6.17 Å². The zero-order valence-electron chi connectivity index (χ0n) is 8.38. The van der Waals surface area contributed by atoms with Crippen molar-refractivity contribution >= 4 is 11.4 Å². The van der Waals surface area contributed by atoms with Crippen molar-refractivity contribution in [3.05, 3.63) is 23.8 Å². The van der Waals surface area contributed by atoms with Crippen LogP contribution in [-0.4, -0.2) is 20.3 Å². The van der Waals surface area contributed by atoms with Gasteiger partial charge in [0.15, 0.2) is 0 Å². The molecule has 0 spiro atoms. The minimum absolute atomic E-state index is 0.572. The van der Waals surface area contributed by atoms with Crippen LogP contribution in [0.1, 0.15) is 5.56 Å². The summed E-state index contributed by atoms with van der Waals surface area (Å²) in [6.45, 7) is 1.89. The molecule has 0 unspecified atom stereocenters. The van der Waals surface area contributed by atoms with E-state index in [2.05, 4.69) is 0 Å². The van der Waals surface area contributed by atoms with Crippen molar-refractivity contribution in [2.45, 2.75) is 13.1 Å². The molecule has 0 aliphatic carbocycles. The molecule has 0 amide bonds. The summed E-state index contributed by atoms with van der Waals surface area (Å²) >= 11 is 0. The van der Waals surface area contributed by atoms with Crippen LogP contribution < -0.4 is 9.80 Å². The molecule has 0 bridgehead atoms. The molecule has 1 aromatic rings. The lowest BCUT2D eigenvalue weighted by Crippen LogP contribution is -2.46. The minimum Gasteiger partial charge on any atom is -0.295 e. The highest BCUT2D eigenvalue weighted by Gasteiger charge is 2.47. The van der Waals surface area contributed by atoms with Crippen molar-refractivity contribution in [1.82, 2.24) is 0 Å². The molecule has 14 heavy (non-hydrogen) atoms. The molecule has 1 aliphatic heterocycles. The van der Waals surface area contributed by atoms with Gasteiger partial charge in [-0.25, -0.2) is 0 Å². The molecule has 76 valence electrons. The number of alkyl halides is 2. The Labute approximate surface area is 81.7 Å². The monoisotopic (exact) mass is 198 g/mol. The number of hydrogen-bond acceptors (Lipinski definition) is 2. The highest BCUT2D eigenvalue weighted by atomic mass is 19.3. The van der Waals surface area contributed by atoms with Gasteiger partial charge in [-0.2, -0.15) is 8.78 Å². The van der Waals surface area contributed by atoms with Gasteiger partial charge in [-0.15, -0.1) is 0 Å². The van der Waals surface area contributed by atoms with Crippen LogP contribution in [0.4, 0.5) is 20.2 Å². The van der Waals surface area contributed by atoms with Crippen LogP contribution in [0.5, 0.6) is 0 Å². The van der Waals surface area contributed by atoms with Crippen LogP contribution in [0, 0.1) is 6.92 Å². The summed E-state index contributed by atoms with van der Waals surface area (Å²) in [7, 11) is 2.80. The number of anilines is 2. The van der Waals surface area contributed by atoms with Gasteiger partial charge < -0.3 is 0 Å². The Morgan fingerprint density at radius 3 is 2.29 bits per heavy atom. The molecule has 0 fully saturated rings. The van der Waals surface area contributed by atoms with E-state index >= 15 is 0 Å². The van der Waals surface area contributed by atoms with Crippen LogP contribution in [0.25, 0.3) is 0 Å². The second-order valence-corrected chi connectivity index (χ2v) is 3.62. The molecule has 0 atom stereocenters. The third kappa shape index (κ3) is 0.997. The second kappa shape index (κ2) is 2.59. The van der Waals surface area contributed by atoms with Crippen molar-refractivity contribution in [3.63, 3.8) is 0 Å². The van der Waals surface area contributed by atoms with E-state index in [1.165, 1.54) is 14.1 Å². The first-order valence-electron chi connectivity index (χ1n) is 4.40. The normalized spacial score (nSPS) is 18.6. The van der Waals surface area contributed by atoms with Gasteiger partial charge in [-0.1, -0.05) is 6.07 Å². The molecule has 0 N–H and O–H groups in total. The van der Waals surface area contributed by atoms with Gasteiger partial charge in [0.2, 0.25) is 0 Å². The Balaban J connectivity index is 2.59. The molecule has 0 saturated carbocycles. The van der Waals surface area contributed by atoms with Gasteiger partial charge in [-0.05, 0) is 24.6 Å². The Morgan fingerprint density at radius 2 is 1.64 bits per heavy atom. The zero-order chi connectivity index (χ0) is 10.5. The van der Waals surface area contributed by atoms with Gasteiger partial charge in [0.25, 0.3) is 0 Å². The number of nitrogens with zero attached hydrogens (tertiary/aromatic N) is 2. The van der Waals surface area contributed by atoms with Gasteiger partial charge in [0, 0.05) is 14.1 Å². The first-order valence-corrected chi connectivity index (χ1v) is 4.40. The van der Waals surface area contributed by atoms with Crippen molar-refractivity contribution in [3.8, 4) is 0 Å². The van der Waals surface area contributed by atoms with E-state index < -0.39 is 6.17 Å². The summed E-state index contributed by atoms with van der Waals surface area (Å²) in [5.41, 5.74) is 2.14. The number of hydrogen-bond donors (Lipinski definition) is 0. The van der Waals surface area contributed by atoms with E-state index in [4.69, 9.17) is 0 Å². The maximum Gasteiger partial charge on any atom is 0.413 e. The fourth-order valence-corrected chi connectivity index (χ4v) is 1.70. The maximum absolute atomic E-state index is 13.5. The number of rotatable bonds is 0. The molecule has 4 heteroatoms. The molecule has 0 saturated heterocycles. The van der Waals surface area contributed by atoms with Gasteiger partial charge in [0.05, 0.1) is 11.4 Å². The van der Waals surface area contributed by atoms with Crippen LogP contribution in [0.15, 0.2) is 18.2 Å². The summed E-state index contributed by atoms with van der Waals surface area (Å²) in [5.74, 6) is 0. The van der Waals surface area contributed by atoms with Crippen LogP contribution in [-0.2, 0) is 0 Å². The van der Waals surface area contributed by atoms with Crippen molar-refractivity contribution < 1.29 is 8.78 Å². The molecular formula is C10H12F2N2. The van der Waals surface area contributed by atoms with E-state index in [-0.39, 0.29) is 0 Å². The van der Waals surface area contributed by atoms with E-state index in [1.54, 1.807) is 12.1 Å². The quantitative estimate of drug-likeness (QED) is 0.591. The molecule has 2 nitrogen and oxygen atoms in total. The minimum atomic E-state index is -2.92. The number of benzene rings is 1. The summed E-state index contributed by atoms with van der Waals surface area (Å²) in [6, 6.07) is 5.33. The van der Waals surface area contributed by atoms with Gasteiger partial charge in [0.1, 0.15) is 0 Å². The fourth-order valence-electron chi connectivity index (χ4n) is 1.70. The highest BCUT2D eigenvalue weighted by molar-refractivity contribution is 5.78. The molecular weight excluding hydrogens is 186 g/mol. The SMILES string of the molecule is Cc1ccc2c(c1)N(C)C(F)(F)N2C. The van der Waals surface area contributed by atoms with Crippen LogP contribution in [0.3, 0.4) is 0 Å². The Hall–Kier alpha value is -1.32. The topological polar surface area (TPSA) is 6.48 Å². The lowest BCUT2D eigenvalue weighted by Gasteiger charge is -2.26. The molecule has 0 radical (unpaired) electrons. The predicted molar refractivity (Wildman–Crippen MR) is 52.9 cm³/mol. The maximum atomic E-state index is 13.5. The Kier molecular flexibility index (Phi) is 1.71. The predicted octanol–water partition coefficient (Wildman–Crippen LogP) is 2.43. The van der Waals surface area contributed by atoms with Gasteiger partial charge in [-0.3, -0.25) is 9.80 Å². The number of halogens is 2. The van der Waals surface area contributed by atoms with E-state index in [9.17, 15) is 8.78 Å². The molecule has 1 aliphatic rings. The average molecular weight is 198 g/mol. The largest absolute Gasteiger partial charge is 0.413 e. The average Bonchev–Trinajstić information content (AvgIpc) is 2.29. The van der Waals surface area contributed by atoms with Crippen LogP contribution in [0.2, 0.25) is 0 Å². The third-order valence-corrected chi connectivity index (χ3v) is 2.66. The van der Waals surface area contributed by atoms with Crippen LogP contribution >= 0.6 is 0 Å². The van der Waals surface area contributed by atoms with E-state index in [0.29, 0.717) is 11.4 Å². The second-order valence-electron chi connectivity index (χ2n) is 3.62. The fraction of sp³-hybridized carbons (Fsp3) is 0.400. The smallest absolute Gasteiger partial charge is 0.295 e. The van der Waals surface area contributed by atoms with E-state index in [0.717, 1.165) is 15.4 Å². The van der Waals surface area contributed by atoms with Crippen molar-refractivity contribution in [1.29, 1.82) is 0 Å². The Bertz CT molecular complexity index is 376. The number of aryl methyl sites for hydroxylation is 1. The first kappa shape index (κ1) is 9.24. The zero-order valence-corrected chi connectivity index (χ0v) is 8.38. The summed E-state index contributed by atoms with van der Waals surface area (Å²) in [6.07, 6.45) is -2.92. The molecule has 2 rings (SSSR count). The lowest BCUT2D eigenvalue weighted by molar-refractivity contribution is 0.0122. The van der Waals surface area contributed by atoms with Crippen molar-refractivity contribution in [2.24, 2.45) is 0 Å². The summed E-state index contributed by atoms with van der Waals surface area (Å²) in [5, 5.41) is 0. The van der Waals surface area contributed by atoms with E-state index in [1.807, 2.05) is 13.0 Å². The Morgan fingerprint density at radius 1 is 1.07 bits per heavy atom. The summed E-state index contributed by atoms with van der Waals surface area (Å²) < 4.78 is 27.0. The van der Waals surface area contributed by atoms with Crippen molar-refractivity contribution in [2.75, 3.05) is 23.9 Å². The molecule has 1 heterocycles. The number of fused-ring (bicyclic) bond motifs is 1. The molecule has 0 aromatic heterocycles. The summed E-state index contributed by atoms with van der Waals surface area (Å²) in [4.78, 5) is 1.98.